The lowest BCUT2D eigenvalue weighted by Gasteiger charge is -2.07. The highest BCUT2D eigenvalue weighted by Crippen LogP contribution is 2.11. The van der Waals surface area contributed by atoms with Crippen molar-refractivity contribution in [2.45, 2.75) is 13.5 Å². The number of aryl methyl sites for hydroxylation is 1. The first-order valence-electron chi connectivity index (χ1n) is 6.35. The quantitative estimate of drug-likeness (QED) is 0.734. The molecule has 0 spiro atoms. The van der Waals surface area contributed by atoms with E-state index in [-0.39, 0.29) is 5.69 Å². The smallest absolute Gasteiger partial charge is 0.349 e. The van der Waals surface area contributed by atoms with Gasteiger partial charge >= 0.3 is 5.69 Å². The zero-order chi connectivity index (χ0) is 14.8. The first-order valence-corrected chi connectivity index (χ1v) is 6.35. The van der Waals surface area contributed by atoms with Gasteiger partial charge in [0, 0.05) is 24.9 Å². The number of nitrogens with one attached hydrogen (secondary N) is 2. The average molecular weight is 286 g/mol. The van der Waals surface area contributed by atoms with E-state index in [1.807, 2.05) is 6.07 Å². The van der Waals surface area contributed by atoms with E-state index in [9.17, 15) is 4.79 Å². The van der Waals surface area contributed by atoms with Crippen molar-refractivity contribution >= 4 is 11.5 Å². The fourth-order valence-electron chi connectivity index (χ4n) is 2.02. The van der Waals surface area contributed by atoms with Gasteiger partial charge in [-0.25, -0.2) is 24.3 Å². The molecule has 0 aromatic carbocycles. The molecule has 3 aromatic rings. The van der Waals surface area contributed by atoms with E-state index in [4.69, 9.17) is 4.74 Å². The minimum absolute atomic E-state index is 0.291. The van der Waals surface area contributed by atoms with E-state index >= 15 is 0 Å². The lowest BCUT2D eigenvalue weighted by molar-refractivity contribution is 0.397. The van der Waals surface area contributed by atoms with Crippen LogP contribution in [0.4, 0.5) is 5.82 Å². The number of pyridine rings is 1. The number of aromatic nitrogens is 5. The molecule has 0 aliphatic carbocycles. The van der Waals surface area contributed by atoms with Crippen LogP contribution in [0.15, 0.2) is 29.2 Å². The summed E-state index contributed by atoms with van der Waals surface area (Å²) < 4.78 is 6.43. The molecule has 3 rings (SSSR count). The Labute approximate surface area is 119 Å². The van der Waals surface area contributed by atoms with Gasteiger partial charge in [-0.3, -0.25) is 0 Å². The van der Waals surface area contributed by atoms with Crippen LogP contribution in [0.5, 0.6) is 5.88 Å². The van der Waals surface area contributed by atoms with Crippen molar-refractivity contribution in [2.24, 2.45) is 0 Å². The van der Waals surface area contributed by atoms with Gasteiger partial charge in [-0.15, -0.1) is 0 Å². The van der Waals surface area contributed by atoms with Crippen LogP contribution in [0, 0.1) is 6.92 Å². The summed E-state index contributed by atoms with van der Waals surface area (Å²) in [4.78, 5) is 20.0. The second-order valence-electron chi connectivity index (χ2n) is 4.47. The van der Waals surface area contributed by atoms with E-state index in [1.165, 1.54) is 4.40 Å². The van der Waals surface area contributed by atoms with Crippen LogP contribution in [-0.2, 0) is 6.54 Å². The van der Waals surface area contributed by atoms with Crippen molar-refractivity contribution in [1.82, 2.24) is 24.6 Å². The summed E-state index contributed by atoms with van der Waals surface area (Å²) in [6.45, 7) is 2.32. The highest BCUT2D eigenvalue weighted by molar-refractivity contribution is 5.49. The molecule has 3 aromatic heterocycles. The zero-order valence-corrected chi connectivity index (χ0v) is 11.6. The first-order chi connectivity index (χ1) is 10.2. The standard InChI is InChI=1S/C13H14N6O2/c1-8-16-10(5-11-17-18-13(20)19(8)11)14-6-9-3-4-12(21-2)15-7-9/h3-5,7,14H,6H2,1-2H3,(H,18,20). The molecule has 0 saturated heterocycles. The maximum Gasteiger partial charge on any atom is 0.349 e. The summed E-state index contributed by atoms with van der Waals surface area (Å²) >= 11 is 0. The van der Waals surface area contributed by atoms with Gasteiger partial charge in [0.15, 0.2) is 5.65 Å². The van der Waals surface area contributed by atoms with Crippen molar-refractivity contribution in [1.29, 1.82) is 0 Å². The summed E-state index contributed by atoms with van der Waals surface area (Å²) in [6, 6.07) is 5.43. The molecule has 108 valence electrons. The first kappa shape index (κ1) is 13.1. The van der Waals surface area contributed by atoms with Crippen molar-refractivity contribution in [3.63, 3.8) is 0 Å². The molecule has 8 nitrogen and oxygen atoms in total. The van der Waals surface area contributed by atoms with Crippen molar-refractivity contribution in [2.75, 3.05) is 12.4 Å². The predicted molar refractivity (Wildman–Crippen MR) is 76.5 cm³/mol. The van der Waals surface area contributed by atoms with Gasteiger partial charge in [-0.2, -0.15) is 5.10 Å². The third kappa shape index (κ3) is 2.55. The largest absolute Gasteiger partial charge is 0.481 e. The van der Waals surface area contributed by atoms with Gasteiger partial charge in [-0.1, -0.05) is 6.07 Å². The molecule has 0 aliphatic heterocycles. The number of hydrogen-bond donors (Lipinski definition) is 2. The monoisotopic (exact) mass is 286 g/mol. The molecule has 0 atom stereocenters. The van der Waals surface area contributed by atoms with Crippen LogP contribution in [0.25, 0.3) is 5.65 Å². The molecule has 0 unspecified atom stereocenters. The minimum Gasteiger partial charge on any atom is -0.481 e. The van der Waals surface area contributed by atoms with Crippen LogP contribution < -0.4 is 15.7 Å². The van der Waals surface area contributed by atoms with Crippen LogP contribution in [0.3, 0.4) is 0 Å². The molecule has 0 bridgehead atoms. The Balaban J connectivity index is 1.79. The topological polar surface area (TPSA) is 97.2 Å². The Morgan fingerprint density at radius 1 is 1.43 bits per heavy atom. The van der Waals surface area contributed by atoms with Gasteiger partial charge in [0.1, 0.15) is 11.6 Å². The Hall–Kier alpha value is -2.90. The molecule has 2 N–H and O–H groups in total. The van der Waals surface area contributed by atoms with Gasteiger partial charge < -0.3 is 10.1 Å². The summed E-state index contributed by atoms with van der Waals surface area (Å²) in [7, 11) is 1.58. The summed E-state index contributed by atoms with van der Waals surface area (Å²) in [5.74, 6) is 1.79. The maximum atomic E-state index is 11.5. The lowest BCUT2D eigenvalue weighted by Crippen LogP contribution is -2.14. The molecule has 3 heterocycles. The number of methoxy groups -OCH3 is 1. The number of anilines is 1. The van der Waals surface area contributed by atoms with Crippen molar-refractivity contribution < 1.29 is 4.74 Å². The van der Waals surface area contributed by atoms with Crippen molar-refractivity contribution in [3.8, 4) is 5.88 Å². The number of rotatable bonds is 4. The maximum absolute atomic E-state index is 11.5. The van der Waals surface area contributed by atoms with Crippen LogP contribution in [-0.4, -0.2) is 31.7 Å². The number of ether oxygens (including phenoxy) is 1. The summed E-state index contributed by atoms with van der Waals surface area (Å²) in [5.41, 5.74) is 1.23. The van der Waals surface area contributed by atoms with Gasteiger partial charge in [0.2, 0.25) is 5.88 Å². The minimum atomic E-state index is -0.291. The lowest BCUT2D eigenvalue weighted by atomic mass is 10.3. The fourth-order valence-corrected chi connectivity index (χ4v) is 2.02. The van der Waals surface area contributed by atoms with Gasteiger partial charge in [0.05, 0.1) is 7.11 Å². The van der Waals surface area contributed by atoms with E-state index in [1.54, 1.807) is 32.4 Å². The Bertz CT molecular complexity index is 821. The Kier molecular flexibility index (Phi) is 3.27. The molecule has 0 radical (unpaired) electrons. The average Bonchev–Trinajstić information content (AvgIpc) is 2.87. The highest BCUT2D eigenvalue weighted by Gasteiger charge is 2.06. The second kappa shape index (κ2) is 5.23. The van der Waals surface area contributed by atoms with E-state index < -0.39 is 0 Å². The number of fused-ring (bicyclic) bond motifs is 1. The third-order valence-electron chi connectivity index (χ3n) is 3.05. The van der Waals surface area contributed by atoms with E-state index in [2.05, 4.69) is 25.5 Å². The number of aromatic amines is 1. The third-order valence-corrected chi connectivity index (χ3v) is 3.05. The summed E-state index contributed by atoms with van der Waals surface area (Å²) in [6.07, 6.45) is 1.73. The van der Waals surface area contributed by atoms with Gasteiger partial charge in [0.25, 0.3) is 0 Å². The molecular formula is C13H14N6O2. The Morgan fingerprint density at radius 3 is 3.00 bits per heavy atom. The van der Waals surface area contributed by atoms with Crippen LogP contribution in [0.2, 0.25) is 0 Å². The predicted octanol–water partition coefficient (Wildman–Crippen LogP) is 0.742. The number of nitrogens with zero attached hydrogens (tertiary/aromatic N) is 4. The summed E-state index contributed by atoms with van der Waals surface area (Å²) in [5, 5.41) is 9.51. The number of H-pyrrole nitrogens is 1. The molecule has 0 aliphatic rings. The Morgan fingerprint density at radius 2 is 2.29 bits per heavy atom. The molecule has 0 saturated carbocycles. The number of hydrogen-bond acceptors (Lipinski definition) is 6. The molecule has 8 heteroatoms. The van der Waals surface area contributed by atoms with Gasteiger partial charge in [-0.05, 0) is 12.5 Å². The van der Waals surface area contributed by atoms with E-state index in [0.717, 1.165) is 5.56 Å². The van der Waals surface area contributed by atoms with Crippen LogP contribution in [0.1, 0.15) is 11.4 Å². The molecular weight excluding hydrogens is 272 g/mol. The fraction of sp³-hybridized carbons (Fsp3) is 0.231. The van der Waals surface area contributed by atoms with Crippen molar-refractivity contribution in [3.05, 3.63) is 46.3 Å². The molecule has 0 fully saturated rings. The molecule has 21 heavy (non-hydrogen) atoms. The molecule has 0 amide bonds. The highest BCUT2D eigenvalue weighted by atomic mass is 16.5. The second-order valence-corrected chi connectivity index (χ2v) is 4.47. The normalized spacial score (nSPS) is 10.8. The SMILES string of the molecule is COc1ccc(CNc2cc3n[nH]c(=O)n3c(C)n2)cn1. The zero-order valence-electron chi connectivity index (χ0n) is 11.6. The van der Waals surface area contributed by atoms with E-state index in [0.29, 0.717) is 29.7 Å². The van der Waals surface area contributed by atoms with Crippen LogP contribution >= 0.6 is 0 Å².